The number of hydrogen-bond acceptors (Lipinski definition) is 4. The zero-order chi connectivity index (χ0) is 12.7. The quantitative estimate of drug-likeness (QED) is 0.667. The lowest BCUT2D eigenvalue weighted by Gasteiger charge is -2.18. The molecule has 5 heteroatoms. The maximum Gasteiger partial charge on any atom is 0.168 e. The number of fused-ring (bicyclic) bond motifs is 2. The minimum atomic E-state index is 0.580. The molecule has 3 heterocycles. The normalized spacial score (nSPS) is 13.7. The molecule has 4 rings (SSSR count). The lowest BCUT2D eigenvalue weighted by Crippen LogP contribution is -2.15. The molecule has 0 saturated heterocycles. The Hall–Kier alpha value is -2.56. The Balaban J connectivity index is 1.88. The third-order valence-corrected chi connectivity index (χ3v) is 3.11. The predicted molar refractivity (Wildman–Crippen MR) is 69.4 cm³/mol. The monoisotopic (exact) mass is 253 g/mol. The van der Waals surface area contributed by atoms with Crippen molar-refractivity contribution in [3.05, 3.63) is 42.6 Å². The number of pyridine rings is 1. The molecule has 0 saturated carbocycles. The van der Waals surface area contributed by atoms with Gasteiger partial charge in [-0.25, -0.2) is 0 Å². The van der Waals surface area contributed by atoms with E-state index in [2.05, 4.69) is 10.2 Å². The van der Waals surface area contributed by atoms with Gasteiger partial charge in [0.05, 0.1) is 0 Å². The molecule has 0 bridgehead atoms. The Bertz CT molecular complexity index is 751. The van der Waals surface area contributed by atoms with Crippen LogP contribution >= 0.6 is 0 Å². The highest BCUT2D eigenvalue weighted by Gasteiger charge is 2.14. The molecular weight excluding hydrogens is 242 g/mol. The highest BCUT2D eigenvalue weighted by atomic mass is 16.6. The van der Waals surface area contributed by atoms with Gasteiger partial charge in [-0.05, 0) is 30.3 Å². The van der Waals surface area contributed by atoms with Crippen molar-refractivity contribution in [2.45, 2.75) is 0 Å². The van der Waals surface area contributed by atoms with E-state index in [9.17, 15) is 0 Å². The Morgan fingerprint density at radius 3 is 2.79 bits per heavy atom. The number of benzene rings is 1. The van der Waals surface area contributed by atoms with Crippen LogP contribution in [0.2, 0.25) is 0 Å². The van der Waals surface area contributed by atoms with Crippen LogP contribution in [0.25, 0.3) is 17.0 Å². The molecule has 94 valence electrons. The fraction of sp³-hybridized carbons (Fsp3) is 0.143. The van der Waals surface area contributed by atoms with E-state index in [1.54, 1.807) is 0 Å². The lowest BCUT2D eigenvalue weighted by atomic mass is 10.2. The third kappa shape index (κ3) is 1.62. The van der Waals surface area contributed by atoms with Gasteiger partial charge in [0.15, 0.2) is 23.0 Å². The highest BCUT2D eigenvalue weighted by molar-refractivity contribution is 5.64. The molecular formula is C14H11N3O2. The van der Waals surface area contributed by atoms with Crippen LogP contribution in [0.15, 0.2) is 42.6 Å². The molecule has 0 atom stereocenters. The maximum absolute atomic E-state index is 5.59. The van der Waals surface area contributed by atoms with Gasteiger partial charge in [0, 0.05) is 11.8 Å². The zero-order valence-electron chi connectivity index (χ0n) is 10.1. The molecule has 2 aromatic heterocycles. The van der Waals surface area contributed by atoms with Crippen molar-refractivity contribution in [1.29, 1.82) is 0 Å². The number of hydrogen-bond donors (Lipinski definition) is 0. The fourth-order valence-corrected chi connectivity index (χ4v) is 2.22. The summed E-state index contributed by atoms with van der Waals surface area (Å²) >= 11 is 0. The molecule has 0 aliphatic carbocycles. The number of ether oxygens (including phenoxy) is 2. The van der Waals surface area contributed by atoms with Gasteiger partial charge in [-0.1, -0.05) is 6.07 Å². The van der Waals surface area contributed by atoms with Crippen LogP contribution in [0.1, 0.15) is 0 Å². The molecule has 0 N–H and O–H groups in total. The molecule has 1 aliphatic heterocycles. The van der Waals surface area contributed by atoms with Gasteiger partial charge in [-0.3, -0.25) is 4.40 Å². The van der Waals surface area contributed by atoms with Gasteiger partial charge in [0.25, 0.3) is 0 Å². The topological polar surface area (TPSA) is 48.7 Å². The summed E-state index contributed by atoms with van der Waals surface area (Å²) in [6.07, 6.45) is 1.95. The summed E-state index contributed by atoms with van der Waals surface area (Å²) in [7, 11) is 0. The molecule has 19 heavy (non-hydrogen) atoms. The van der Waals surface area contributed by atoms with Gasteiger partial charge < -0.3 is 9.47 Å². The van der Waals surface area contributed by atoms with Crippen LogP contribution in [0.3, 0.4) is 0 Å². The van der Waals surface area contributed by atoms with E-state index in [1.807, 2.05) is 47.0 Å². The minimum Gasteiger partial charge on any atom is -0.486 e. The van der Waals surface area contributed by atoms with Crippen LogP contribution in [-0.4, -0.2) is 27.8 Å². The molecule has 5 nitrogen and oxygen atoms in total. The van der Waals surface area contributed by atoms with E-state index >= 15 is 0 Å². The van der Waals surface area contributed by atoms with Gasteiger partial charge in [-0.2, -0.15) is 0 Å². The first kappa shape index (κ1) is 10.4. The molecule has 0 radical (unpaired) electrons. The molecule has 1 aromatic carbocycles. The number of rotatable bonds is 1. The van der Waals surface area contributed by atoms with Crippen LogP contribution in [0.4, 0.5) is 0 Å². The molecule has 1 aliphatic rings. The highest BCUT2D eigenvalue weighted by Crippen LogP contribution is 2.33. The first-order valence-electron chi connectivity index (χ1n) is 6.11. The second kappa shape index (κ2) is 3.98. The molecule has 0 unspecified atom stereocenters. The van der Waals surface area contributed by atoms with Crippen molar-refractivity contribution in [1.82, 2.24) is 14.6 Å². The predicted octanol–water partition coefficient (Wildman–Crippen LogP) is 2.17. The van der Waals surface area contributed by atoms with Crippen molar-refractivity contribution in [3.63, 3.8) is 0 Å². The van der Waals surface area contributed by atoms with Crippen LogP contribution in [0, 0.1) is 0 Å². The zero-order valence-corrected chi connectivity index (χ0v) is 10.1. The SMILES string of the molecule is c1ccn2c(-c3ccc4c(c3)OCCO4)nnc2c1. The fourth-order valence-electron chi connectivity index (χ4n) is 2.22. The van der Waals surface area contributed by atoms with E-state index in [1.165, 1.54) is 0 Å². The second-order valence-corrected chi connectivity index (χ2v) is 4.31. The van der Waals surface area contributed by atoms with Crippen LogP contribution in [-0.2, 0) is 0 Å². The second-order valence-electron chi connectivity index (χ2n) is 4.31. The van der Waals surface area contributed by atoms with E-state index in [0.717, 1.165) is 28.5 Å². The average molecular weight is 253 g/mol. The number of aromatic nitrogens is 3. The first-order chi connectivity index (χ1) is 9.42. The van der Waals surface area contributed by atoms with Crippen molar-refractivity contribution in [2.75, 3.05) is 13.2 Å². The molecule has 0 fully saturated rings. The minimum absolute atomic E-state index is 0.580. The number of nitrogens with zero attached hydrogens (tertiary/aromatic N) is 3. The first-order valence-corrected chi connectivity index (χ1v) is 6.11. The van der Waals surface area contributed by atoms with Crippen molar-refractivity contribution >= 4 is 5.65 Å². The standard InChI is InChI=1S/C14H11N3O2/c1-2-6-17-13(3-1)15-16-14(17)10-4-5-11-12(9-10)19-8-7-18-11/h1-6,9H,7-8H2. The van der Waals surface area contributed by atoms with Crippen molar-refractivity contribution in [2.24, 2.45) is 0 Å². The Labute approximate surface area is 109 Å². The largest absolute Gasteiger partial charge is 0.486 e. The summed E-state index contributed by atoms with van der Waals surface area (Å²) in [6, 6.07) is 11.6. The summed E-state index contributed by atoms with van der Waals surface area (Å²) in [5, 5.41) is 8.38. The van der Waals surface area contributed by atoms with Crippen molar-refractivity contribution in [3.8, 4) is 22.9 Å². The van der Waals surface area contributed by atoms with Gasteiger partial charge in [0.1, 0.15) is 13.2 Å². The van der Waals surface area contributed by atoms with Gasteiger partial charge >= 0.3 is 0 Å². The Morgan fingerprint density at radius 2 is 1.84 bits per heavy atom. The Morgan fingerprint density at radius 1 is 0.947 bits per heavy atom. The van der Waals surface area contributed by atoms with E-state index in [0.29, 0.717) is 13.2 Å². The molecule has 0 amide bonds. The van der Waals surface area contributed by atoms with Crippen LogP contribution < -0.4 is 9.47 Å². The molecule has 3 aromatic rings. The smallest absolute Gasteiger partial charge is 0.168 e. The lowest BCUT2D eigenvalue weighted by molar-refractivity contribution is 0.171. The maximum atomic E-state index is 5.59. The average Bonchev–Trinajstić information content (AvgIpc) is 2.91. The third-order valence-electron chi connectivity index (χ3n) is 3.11. The Kier molecular flexibility index (Phi) is 2.17. The summed E-state index contributed by atoms with van der Waals surface area (Å²) in [6.45, 7) is 1.18. The van der Waals surface area contributed by atoms with E-state index in [4.69, 9.17) is 9.47 Å². The summed E-state index contributed by atoms with van der Waals surface area (Å²) in [5.41, 5.74) is 1.79. The van der Waals surface area contributed by atoms with Gasteiger partial charge in [0.2, 0.25) is 0 Å². The summed E-state index contributed by atoms with van der Waals surface area (Å²) in [5.74, 6) is 2.34. The summed E-state index contributed by atoms with van der Waals surface area (Å²) < 4.78 is 13.1. The molecule has 0 spiro atoms. The van der Waals surface area contributed by atoms with E-state index < -0.39 is 0 Å². The summed E-state index contributed by atoms with van der Waals surface area (Å²) in [4.78, 5) is 0. The van der Waals surface area contributed by atoms with Crippen LogP contribution in [0.5, 0.6) is 11.5 Å². The van der Waals surface area contributed by atoms with Gasteiger partial charge in [-0.15, -0.1) is 10.2 Å². The van der Waals surface area contributed by atoms with Crippen molar-refractivity contribution < 1.29 is 9.47 Å². The van der Waals surface area contributed by atoms with E-state index in [-0.39, 0.29) is 0 Å².